The molecular formula is C12H11BrCl2N2O2. The molecule has 0 aliphatic rings. The topological polar surface area (TPSA) is 44.1 Å². The minimum Gasteiger partial charge on any atom is -0.465 e. The van der Waals surface area contributed by atoms with Crippen molar-refractivity contribution in [3.8, 4) is 0 Å². The first-order valence-corrected chi connectivity index (χ1v) is 7.29. The van der Waals surface area contributed by atoms with Crippen LogP contribution in [0, 0.1) is 0 Å². The van der Waals surface area contributed by atoms with Crippen molar-refractivity contribution in [2.45, 2.75) is 13.0 Å². The molecule has 19 heavy (non-hydrogen) atoms. The number of hydrogen-bond acceptors (Lipinski definition) is 3. The first kappa shape index (κ1) is 14.6. The van der Waals surface area contributed by atoms with E-state index in [1.807, 2.05) is 0 Å². The van der Waals surface area contributed by atoms with E-state index in [0.29, 0.717) is 34.3 Å². The Bertz CT molecular complexity index is 628. The van der Waals surface area contributed by atoms with Crippen LogP contribution in [0.4, 0.5) is 0 Å². The number of aromatic nitrogens is 2. The molecule has 102 valence electrons. The van der Waals surface area contributed by atoms with E-state index in [0.717, 1.165) is 10.9 Å². The molecular weight excluding hydrogens is 355 g/mol. The van der Waals surface area contributed by atoms with Crippen LogP contribution in [0.1, 0.15) is 16.8 Å². The monoisotopic (exact) mass is 364 g/mol. The summed E-state index contributed by atoms with van der Waals surface area (Å²) in [5, 5.41) is 0.331. The first-order chi connectivity index (χ1) is 9.10. The van der Waals surface area contributed by atoms with Gasteiger partial charge < -0.3 is 9.30 Å². The van der Waals surface area contributed by atoms with Crippen LogP contribution in [-0.2, 0) is 11.3 Å². The molecule has 0 spiro atoms. The summed E-state index contributed by atoms with van der Waals surface area (Å²) >= 11 is 15.2. The summed E-state index contributed by atoms with van der Waals surface area (Å²) in [6.45, 7) is 0.597. The van der Waals surface area contributed by atoms with E-state index in [2.05, 4.69) is 20.9 Å². The highest BCUT2D eigenvalue weighted by Gasteiger charge is 2.19. The Kier molecular flexibility index (Phi) is 4.71. The Morgan fingerprint density at radius 3 is 2.89 bits per heavy atom. The van der Waals surface area contributed by atoms with Gasteiger partial charge >= 0.3 is 5.97 Å². The normalized spacial score (nSPS) is 10.9. The van der Waals surface area contributed by atoms with Gasteiger partial charge in [-0.3, -0.25) is 0 Å². The molecule has 4 nitrogen and oxygen atoms in total. The van der Waals surface area contributed by atoms with Gasteiger partial charge in [0, 0.05) is 16.9 Å². The molecule has 0 fully saturated rings. The van der Waals surface area contributed by atoms with Gasteiger partial charge in [0.1, 0.15) is 5.52 Å². The summed E-state index contributed by atoms with van der Waals surface area (Å²) in [6.07, 6.45) is 0.736. The Labute approximate surface area is 128 Å². The average Bonchev–Trinajstić information content (AvgIpc) is 2.74. The molecule has 2 aromatic rings. The van der Waals surface area contributed by atoms with E-state index in [4.69, 9.17) is 27.9 Å². The van der Waals surface area contributed by atoms with E-state index in [1.165, 1.54) is 7.11 Å². The van der Waals surface area contributed by atoms with E-state index in [-0.39, 0.29) is 0 Å². The SMILES string of the molecule is COC(=O)c1ccc(Br)c2nc(Cl)n(CCCCl)c12. The summed E-state index contributed by atoms with van der Waals surface area (Å²) < 4.78 is 7.34. The number of hydrogen-bond donors (Lipinski definition) is 0. The second-order valence-corrected chi connectivity index (χ2v) is 5.43. The van der Waals surface area contributed by atoms with E-state index >= 15 is 0 Å². The van der Waals surface area contributed by atoms with Gasteiger partial charge in [0.05, 0.1) is 18.2 Å². The zero-order valence-electron chi connectivity index (χ0n) is 10.1. The molecule has 0 bridgehead atoms. The van der Waals surface area contributed by atoms with Gasteiger partial charge in [-0.1, -0.05) is 0 Å². The number of nitrogens with zero attached hydrogens (tertiary/aromatic N) is 2. The van der Waals surface area contributed by atoms with Crippen LogP contribution in [0.5, 0.6) is 0 Å². The van der Waals surface area contributed by atoms with E-state index in [1.54, 1.807) is 16.7 Å². The highest BCUT2D eigenvalue weighted by atomic mass is 79.9. The van der Waals surface area contributed by atoms with Crippen molar-refractivity contribution in [2.24, 2.45) is 0 Å². The van der Waals surface area contributed by atoms with Crippen LogP contribution < -0.4 is 0 Å². The third kappa shape index (κ3) is 2.73. The van der Waals surface area contributed by atoms with Gasteiger partial charge in [-0.05, 0) is 46.1 Å². The van der Waals surface area contributed by atoms with Crippen LogP contribution >= 0.6 is 39.1 Å². The smallest absolute Gasteiger partial charge is 0.340 e. The van der Waals surface area contributed by atoms with Crippen LogP contribution in [0.2, 0.25) is 5.28 Å². The van der Waals surface area contributed by atoms with Crippen LogP contribution in [-0.4, -0.2) is 28.5 Å². The molecule has 0 atom stereocenters. The summed E-state index contributed by atoms with van der Waals surface area (Å²) in [5.74, 6) is 0.0959. The minimum absolute atomic E-state index is 0.331. The number of imidazole rings is 1. The minimum atomic E-state index is -0.416. The van der Waals surface area contributed by atoms with Gasteiger partial charge in [-0.15, -0.1) is 11.6 Å². The molecule has 1 aromatic carbocycles. The number of methoxy groups -OCH3 is 1. The number of rotatable bonds is 4. The summed E-state index contributed by atoms with van der Waals surface area (Å²) in [6, 6.07) is 3.44. The van der Waals surface area contributed by atoms with Crippen molar-refractivity contribution in [1.29, 1.82) is 0 Å². The van der Waals surface area contributed by atoms with Crippen LogP contribution in [0.15, 0.2) is 16.6 Å². The number of aryl methyl sites for hydroxylation is 1. The molecule has 0 amide bonds. The molecule has 0 saturated heterocycles. The van der Waals surface area contributed by atoms with Crippen molar-refractivity contribution >= 4 is 56.1 Å². The van der Waals surface area contributed by atoms with Gasteiger partial charge in [-0.2, -0.15) is 0 Å². The fourth-order valence-corrected chi connectivity index (χ4v) is 2.66. The number of halogens is 3. The maximum absolute atomic E-state index is 11.8. The first-order valence-electron chi connectivity index (χ1n) is 5.58. The predicted octanol–water partition coefficient (Wildman–Crippen LogP) is 3.87. The van der Waals surface area contributed by atoms with Crippen molar-refractivity contribution < 1.29 is 9.53 Å². The Hall–Kier alpha value is -0.780. The number of carbonyl (C=O) groups is 1. The maximum atomic E-state index is 11.8. The van der Waals surface area contributed by atoms with Gasteiger partial charge in [0.2, 0.25) is 5.28 Å². The van der Waals surface area contributed by atoms with Gasteiger partial charge in [0.25, 0.3) is 0 Å². The average molecular weight is 366 g/mol. The Morgan fingerprint density at radius 2 is 2.26 bits per heavy atom. The Morgan fingerprint density at radius 1 is 1.53 bits per heavy atom. The largest absolute Gasteiger partial charge is 0.465 e. The molecule has 0 unspecified atom stereocenters. The lowest BCUT2D eigenvalue weighted by Crippen LogP contribution is -2.07. The standard InChI is InChI=1S/C12H11BrCl2N2O2/c1-19-11(18)7-3-4-8(13)9-10(7)17(6-2-5-14)12(15)16-9/h3-4H,2,5-6H2,1H3. The quantitative estimate of drug-likeness (QED) is 0.610. The van der Waals surface area contributed by atoms with Crippen molar-refractivity contribution in [3.63, 3.8) is 0 Å². The molecule has 0 N–H and O–H groups in total. The van der Waals surface area contributed by atoms with E-state index < -0.39 is 5.97 Å². The third-order valence-corrected chi connectivity index (χ3v) is 3.92. The van der Waals surface area contributed by atoms with Gasteiger partial charge in [-0.25, -0.2) is 9.78 Å². The molecule has 7 heteroatoms. The predicted molar refractivity (Wildman–Crippen MR) is 79.1 cm³/mol. The number of benzene rings is 1. The van der Waals surface area contributed by atoms with Crippen LogP contribution in [0.25, 0.3) is 11.0 Å². The lowest BCUT2D eigenvalue weighted by atomic mass is 10.2. The molecule has 0 radical (unpaired) electrons. The second kappa shape index (κ2) is 6.11. The molecule has 0 saturated carbocycles. The number of fused-ring (bicyclic) bond motifs is 1. The highest BCUT2D eigenvalue weighted by molar-refractivity contribution is 9.10. The molecule has 1 aromatic heterocycles. The number of alkyl halides is 1. The number of esters is 1. The van der Waals surface area contributed by atoms with E-state index in [9.17, 15) is 4.79 Å². The summed E-state index contributed by atoms with van der Waals surface area (Å²) in [5.41, 5.74) is 1.74. The zero-order valence-corrected chi connectivity index (χ0v) is 13.2. The summed E-state index contributed by atoms with van der Waals surface area (Å²) in [7, 11) is 1.34. The lowest BCUT2D eigenvalue weighted by molar-refractivity contribution is 0.0602. The maximum Gasteiger partial charge on any atom is 0.340 e. The van der Waals surface area contributed by atoms with Gasteiger partial charge in [0.15, 0.2) is 0 Å². The Balaban J connectivity index is 2.69. The number of ether oxygens (including phenoxy) is 1. The molecule has 0 aliphatic heterocycles. The second-order valence-electron chi connectivity index (χ2n) is 3.86. The van der Waals surface area contributed by atoms with Crippen molar-refractivity contribution in [2.75, 3.05) is 13.0 Å². The van der Waals surface area contributed by atoms with Crippen LogP contribution in [0.3, 0.4) is 0 Å². The molecule has 0 aliphatic carbocycles. The third-order valence-electron chi connectivity index (χ3n) is 2.72. The van der Waals surface area contributed by atoms with Crippen molar-refractivity contribution in [1.82, 2.24) is 9.55 Å². The fourth-order valence-electron chi connectivity index (χ4n) is 1.88. The fraction of sp³-hybridized carbons (Fsp3) is 0.333. The van der Waals surface area contributed by atoms with Crippen molar-refractivity contribution in [3.05, 3.63) is 27.5 Å². The zero-order chi connectivity index (χ0) is 14.0. The summed E-state index contributed by atoms with van der Waals surface area (Å²) in [4.78, 5) is 16.1. The molecule has 1 heterocycles. The highest BCUT2D eigenvalue weighted by Crippen LogP contribution is 2.30. The lowest BCUT2D eigenvalue weighted by Gasteiger charge is -2.08. The number of carbonyl (C=O) groups excluding carboxylic acids is 1. The molecule has 2 rings (SSSR count).